The fourth-order valence-electron chi connectivity index (χ4n) is 3.91. The number of hydrogen-bond donors (Lipinski definition) is 0. The molecule has 2 fully saturated rings. The van der Waals surface area contributed by atoms with Crippen molar-refractivity contribution in [1.82, 2.24) is 14.7 Å². The van der Waals surface area contributed by atoms with Crippen LogP contribution in [-0.2, 0) is 14.3 Å². The Balaban J connectivity index is 1.52. The summed E-state index contributed by atoms with van der Waals surface area (Å²) in [6.07, 6.45) is 2.49. The summed E-state index contributed by atoms with van der Waals surface area (Å²) in [5.41, 5.74) is 0.577. The maximum atomic E-state index is 12.8. The number of esters is 1. The maximum Gasteiger partial charge on any atom is 0.328 e. The molecule has 1 aromatic rings. The van der Waals surface area contributed by atoms with E-state index in [1.54, 1.807) is 41.0 Å². The molecule has 0 bridgehead atoms. The molecule has 2 aliphatic heterocycles. The molecule has 8 heteroatoms. The van der Waals surface area contributed by atoms with Crippen molar-refractivity contribution in [1.29, 1.82) is 0 Å². The Morgan fingerprint density at radius 3 is 2.55 bits per heavy atom. The van der Waals surface area contributed by atoms with Crippen LogP contribution in [0.4, 0.5) is 0 Å². The lowest BCUT2D eigenvalue weighted by Gasteiger charge is -2.38. The van der Waals surface area contributed by atoms with Crippen LogP contribution in [0.5, 0.6) is 0 Å². The van der Waals surface area contributed by atoms with E-state index in [2.05, 4.69) is 0 Å². The van der Waals surface area contributed by atoms with Gasteiger partial charge in [-0.2, -0.15) is 0 Å². The van der Waals surface area contributed by atoms with E-state index in [0.29, 0.717) is 56.3 Å². The van der Waals surface area contributed by atoms with E-state index in [1.807, 2.05) is 4.90 Å². The molecular formula is C21H28ClN3O4. The van der Waals surface area contributed by atoms with Crippen molar-refractivity contribution in [3.8, 4) is 0 Å². The van der Waals surface area contributed by atoms with Crippen LogP contribution in [0.25, 0.3) is 0 Å². The Bertz CT molecular complexity index is 749. The molecule has 1 aromatic carbocycles. The molecule has 7 nitrogen and oxygen atoms in total. The summed E-state index contributed by atoms with van der Waals surface area (Å²) in [4.78, 5) is 43.2. The van der Waals surface area contributed by atoms with Gasteiger partial charge >= 0.3 is 5.97 Å². The minimum Gasteiger partial charge on any atom is -0.464 e. The number of carbonyl (C=O) groups excluding carboxylic acids is 3. The number of ether oxygens (including phenoxy) is 1. The van der Waals surface area contributed by atoms with Gasteiger partial charge in [-0.1, -0.05) is 17.7 Å². The summed E-state index contributed by atoms with van der Waals surface area (Å²) in [6.45, 7) is 5.30. The van der Waals surface area contributed by atoms with Gasteiger partial charge in [-0.25, -0.2) is 4.79 Å². The normalized spacial score (nSPS) is 20.4. The second kappa shape index (κ2) is 10.1. The average Bonchev–Trinajstić information content (AvgIpc) is 2.74. The molecule has 0 aliphatic carbocycles. The van der Waals surface area contributed by atoms with Crippen molar-refractivity contribution in [3.63, 3.8) is 0 Å². The topological polar surface area (TPSA) is 70.2 Å². The molecule has 0 radical (unpaired) electrons. The zero-order chi connectivity index (χ0) is 20.8. The molecule has 2 heterocycles. The van der Waals surface area contributed by atoms with E-state index in [-0.39, 0.29) is 24.3 Å². The molecule has 2 aliphatic rings. The second-order valence-corrected chi connectivity index (χ2v) is 7.87. The zero-order valence-corrected chi connectivity index (χ0v) is 17.6. The summed E-state index contributed by atoms with van der Waals surface area (Å²) in [5, 5.41) is 0.540. The van der Waals surface area contributed by atoms with E-state index in [9.17, 15) is 14.4 Å². The Labute approximate surface area is 176 Å². The van der Waals surface area contributed by atoms with Crippen LogP contribution in [0.2, 0.25) is 5.02 Å². The highest BCUT2D eigenvalue weighted by atomic mass is 35.5. The van der Waals surface area contributed by atoms with Gasteiger partial charge in [0, 0.05) is 43.3 Å². The molecular weight excluding hydrogens is 394 g/mol. The average molecular weight is 422 g/mol. The number of rotatable bonds is 5. The Morgan fingerprint density at radius 1 is 1.10 bits per heavy atom. The van der Waals surface area contributed by atoms with Crippen molar-refractivity contribution in [2.45, 2.75) is 32.2 Å². The first kappa shape index (κ1) is 21.6. The molecule has 0 aromatic heterocycles. The lowest BCUT2D eigenvalue weighted by molar-refractivity contribution is -0.157. The largest absolute Gasteiger partial charge is 0.464 e. The second-order valence-electron chi connectivity index (χ2n) is 7.43. The van der Waals surface area contributed by atoms with Gasteiger partial charge in [-0.05, 0) is 44.4 Å². The summed E-state index contributed by atoms with van der Waals surface area (Å²) in [7, 11) is 0. The molecule has 1 unspecified atom stereocenters. The number of carbonyl (C=O) groups is 3. The molecule has 0 N–H and O–H groups in total. The minimum absolute atomic E-state index is 0.0441. The number of piperidine rings is 1. The van der Waals surface area contributed by atoms with Crippen molar-refractivity contribution < 1.29 is 19.1 Å². The van der Waals surface area contributed by atoms with Crippen LogP contribution in [0.3, 0.4) is 0 Å². The summed E-state index contributed by atoms with van der Waals surface area (Å²) < 4.78 is 5.14. The van der Waals surface area contributed by atoms with Crippen LogP contribution >= 0.6 is 11.6 Å². The standard InChI is InChI=1S/C21H28ClN3O4/c1-2-29-21(28)18-8-3-4-9-25(18)19(26)15-23-10-12-24(13-11-23)20(27)16-6-5-7-17(22)14-16/h5-7,14,18H,2-4,8-13,15H2,1H3. The quantitative estimate of drug-likeness (QED) is 0.680. The van der Waals surface area contributed by atoms with Crippen LogP contribution in [0, 0.1) is 0 Å². The predicted molar refractivity (Wildman–Crippen MR) is 110 cm³/mol. The van der Waals surface area contributed by atoms with Gasteiger partial charge in [0.25, 0.3) is 5.91 Å². The molecule has 3 rings (SSSR count). The summed E-state index contributed by atoms with van der Waals surface area (Å²) in [5.74, 6) is -0.397. The number of amides is 2. The number of piperazine rings is 1. The van der Waals surface area contributed by atoms with Gasteiger partial charge in [0.15, 0.2) is 0 Å². The van der Waals surface area contributed by atoms with Crippen molar-refractivity contribution in [2.75, 3.05) is 45.9 Å². The van der Waals surface area contributed by atoms with E-state index in [4.69, 9.17) is 16.3 Å². The lowest BCUT2D eigenvalue weighted by Crippen LogP contribution is -2.55. The van der Waals surface area contributed by atoms with Crippen LogP contribution in [0.1, 0.15) is 36.5 Å². The van der Waals surface area contributed by atoms with Gasteiger partial charge in [-0.15, -0.1) is 0 Å². The number of benzene rings is 1. The lowest BCUT2D eigenvalue weighted by atomic mass is 10.0. The van der Waals surface area contributed by atoms with Crippen molar-refractivity contribution in [3.05, 3.63) is 34.9 Å². The van der Waals surface area contributed by atoms with Gasteiger partial charge < -0.3 is 14.5 Å². The van der Waals surface area contributed by atoms with Gasteiger partial charge in [-0.3, -0.25) is 14.5 Å². The minimum atomic E-state index is -0.470. The van der Waals surface area contributed by atoms with Gasteiger partial charge in [0.05, 0.1) is 13.2 Å². The maximum absolute atomic E-state index is 12.8. The molecule has 1 atom stereocenters. The fourth-order valence-corrected chi connectivity index (χ4v) is 4.10. The highest BCUT2D eigenvalue weighted by Crippen LogP contribution is 2.19. The monoisotopic (exact) mass is 421 g/mol. The Hall–Kier alpha value is -2.12. The molecule has 158 valence electrons. The fraction of sp³-hybridized carbons (Fsp3) is 0.571. The number of hydrogen-bond acceptors (Lipinski definition) is 5. The van der Waals surface area contributed by atoms with Crippen LogP contribution in [0.15, 0.2) is 24.3 Å². The molecule has 0 saturated carbocycles. The highest BCUT2D eigenvalue weighted by Gasteiger charge is 2.34. The summed E-state index contributed by atoms with van der Waals surface area (Å²) >= 11 is 5.98. The smallest absolute Gasteiger partial charge is 0.328 e. The van der Waals surface area contributed by atoms with E-state index >= 15 is 0 Å². The predicted octanol–water partition coefficient (Wildman–Crippen LogP) is 2.04. The number of likely N-dealkylation sites (tertiary alicyclic amines) is 1. The van der Waals surface area contributed by atoms with Crippen LogP contribution < -0.4 is 0 Å². The van der Waals surface area contributed by atoms with Gasteiger partial charge in [0.2, 0.25) is 5.91 Å². The Kier molecular flexibility index (Phi) is 7.50. The van der Waals surface area contributed by atoms with Crippen LogP contribution in [-0.4, -0.2) is 84.4 Å². The third-order valence-electron chi connectivity index (χ3n) is 5.47. The van der Waals surface area contributed by atoms with E-state index < -0.39 is 6.04 Å². The third-order valence-corrected chi connectivity index (χ3v) is 5.71. The molecule has 2 saturated heterocycles. The van der Waals surface area contributed by atoms with Crippen molar-refractivity contribution in [2.24, 2.45) is 0 Å². The number of halogens is 1. The first-order chi connectivity index (χ1) is 14.0. The third kappa shape index (κ3) is 5.48. The van der Waals surface area contributed by atoms with E-state index in [0.717, 1.165) is 12.8 Å². The summed E-state index contributed by atoms with van der Waals surface area (Å²) in [6, 6.07) is 6.47. The van der Waals surface area contributed by atoms with E-state index in [1.165, 1.54) is 0 Å². The SMILES string of the molecule is CCOC(=O)C1CCCCN1C(=O)CN1CCN(C(=O)c2cccc(Cl)c2)CC1. The van der Waals surface area contributed by atoms with Crippen molar-refractivity contribution >= 4 is 29.4 Å². The first-order valence-corrected chi connectivity index (χ1v) is 10.6. The Morgan fingerprint density at radius 2 is 1.86 bits per heavy atom. The molecule has 0 spiro atoms. The number of nitrogens with zero attached hydrogens (tertiary/aromatic N) is 3. The zero-order valence-electron chi connectivity index (χ0n) is 16.8. The molecule has 2 amide bonds. The highest BCUT2D eigenvalue weighted by molar-refractivity contribution is 6.30. The first-order valence-electron chi connectivity index (χ1n) is 10.2. The van der Waals surface area contributed by atoms with Gasteiger partial charge in [0.1, 0.15) is 6.04 Å². The molecule has 29 heavy (non-hydrogen) atoms.